The van der Waals surface area contributed by atoms with Gasteiger partial charge in [0.2, 0.25) is 0 Å². The van der Waals surface area contributed by atoms with E-state index in [4.69, 9.17) is 11.6 Å². The molecule has 0 N–H and O–H groups in total. The summed E-state index contributed by atoms with van der Waals surface area (Å²) in [6.45, 7) is 4.17. The first-order valence-corrected chi connectivity index (χ1v) is 6.70. The molecule has 14 heavy (non-hydrogen) atoms. The molecule has 1 aromatic heterocycles. The number of aromatic nitrogens is 1. The minimum absolute atomic E-state index is 0.528. The first kappa shape index (κ1) is 12.3. The van der Waals surface area contributed by atoms with E-state index < -0.39 is 0 Å². The van der Waals surface area contributed by atoms with Crippen LogP contribution in [0.3, 0.4) is 0 Å². The standard InChI is InChI=1S/C10H13BrClNS/c1-7(5-6-12)14-10-4-3-9(11)8(2)13-10/h3-4,7H,5-6H2,1-2H3. The van der Waals surface area contributed by atoms with E-state index in [0.717, 1.165) is 21.6 Å². The lowest BCUT2D eigenvalue weighted by atomic mass is 10.4. The molecule has 0 saturated heterocycles. The van der Waals surface area contributed by atoms with E-state index in [0.29, 0.717) is 11.1 Å². The van der Waals surface area contributed by atoms with E-state index in [9.17, 15) is 0 Å². The van der Waals surface area contributed by atoms with Gasteiger partial charge in [-0.25, -0.2) is 4.98 Å². The number of rotatable bonds is 4. The normalized spacial score (nSPS) is 12.9. The van der Waals surface area contributed by atoms with Crippen molar-refractivity contribution in [3.05, 3.63) is 22.3 Å². The lowest BCUT2D eigenvalue weighted by molar-refractivity contribution is 0.905. The van der Waals surface area contributed by atoms with Gasteiger partial charge in [0, 0.05) is 15.6 Å². The van der Waals surface area contributed by atoms with Crippen molar-refractivity contribution in [3.8, 4) is 0 Å². The van der Waals surface area contributed by atoms with Gasteiger partial charge in [-0.3, -0.25) is 0 Å². The van der Waals surface area contributed by atoms with E-state index >= 15 is 0 Å². The minimum atomic E-state index is 0.528. The molecule has 1 aromatic rings. The van der Waals surface area contributed by atoms with Gasteiger partial charge in [0.25, 0.3) is 0 Å². The van der Waals surface area contributed by atoms with Crippen molar-refractivity contribution < 1.29 is 0 Å². The summed E-state index contributed by atoms with van der Waals surface area (Å²) in [7, 11) is 0. The van der Waals surface area contributed by atoms with Gasteiger partial charge in [-0.15, -0.1) is 23.4 Å². The van der Waals surface area contributed by atoms with E-state index in [1.807, 2.05) is 19.1 Å². The Morgan fingerprint density at radius 2 is 2.29 bits per heavy atom. The molecule has 1 heterocycles. The average Bonchev–Trinajstić information content (AvgIpc) is 2.12. The highest BCUT2D eigenvalue weighted by molar-refractivity contribution is 9.10. The van der Waals surface area contributed by atoms with Crippen molar-refractivity contribution in [3.63, 3.8) is 0 Å². The molecule has 0 aliphatic heterocycles. The fourth-order valence-corrected chi connectivity index (χ4v) is 2.67. The number of hydrogen-bond acceptors (Lipinski definition) is 2. The molecule has 0 fully saturated rings. The van der Waals surface area contributed by atoms with Crippen LogP contribution >= 0.6 is 39.3 Å². The van der Waals surface area contributed by atoms with Crippen molar-refractivity contribution in [2.24, 2.45) is 0 Å². The number of nitrogens with zero attached hydrogens (tertiary/aromatic N) is 1. The highest BCUT2D eigenvalue weighted by atomic mass is 79.9. The molecule has 0 saturated carbocycles. The first-order valence-electron chi connectivity index (χ1n) is 4.49. The number of aryl methyl sites for hydroxylation is 1. The summed E-state index contributed by atoms with van der Waals surface area (Å²) in [6.07, 6.45) is 1.02. The maximum absolute atomic E-state index is 5.68. The fraction of sp³-hybridized carbons (Fsp3) is 0.500. The predicted molar refractivity (Wildman–Crippen MR) is 67.3 cm³/mol. The van der Waals surface area contributed by atoms with Gasteiger partial charge in [0.05, 0.1) is 10.7 Å². The van der Waals surface area contributed by atoms with Crippen molar-refractivity contribution >= 4 is 39.3 Å². The molecular formula is C10H13BrClNS. The number of thioether (sulfide) groups is 1. The van der Waals surface area contributed by atoms with E-state index in [2.05, 4.69) is 27.8 Å². The maximum Gasteiger partial charge on any atom is 0.0966 e. The van der Waals surface area contributed by atoms with Gasteiger partial charge >= 0.3 is 0 Å². The molecule has 78 valence electrons. The summed E-state index contributed by atoms with van der Waals surface area (Å²) in [6, 6.07) is 4.07. The molecule has 0 aliphatic carbocycles. The van der Waals surface area contributed by atoms with Crippen LogP contribution in [0.5, 0.6) is 0 Å². The molecule has 0 bridgehead atoms. The highest BCUT2D eigenvalue weighted by Crippen LogP contribution is 2.25. The van der Waals surface area contributed by atoms with Gasteiger partial charge in [-0.2, -0.15) is 0 Å². The van der Waals surface area contributed by atoms with Gasteiger partial charge in [-0.1, -0.05) is 6.92 Å². The van der Waals surface area contributed by atoms with Gasteiger partial charge in [-0.05, 0) is 41.4 Å². The SMILES string of the molecule is Cc1nc(SC(C)CCCl)ccc1Br. The minimum Gasteiger partial charge on any atom is -0.246 e. The Labute approximate surface area is 103 Å². The average molecular weight is 295 g/mol. The Kier molecular flexibility index (Phi) is 5.28. The van der Waals surface area contributed by atoms with Crippen LogP contribution in [-0.4, -0.2) is 16.1 Å². The molecule has 1 nitrogen and oxygen atoms in total. The molecule has 0 aliphatic rings. The lowest BCUT2D eigenvalue weighted by Crippen LogP contribution is -1.98. The van der Waals surface area contributed by atoms with E-state index in [-0.39, 0.29) is 0 Å². The third-order valence-electron chi connectivity index (χ3n) is 1.83. The van der Waals surface area contributed by atoms with Gasteiger partial charge < -0.3 is 0 Å². The summed E-state index contributed by atoms with van der Waals surface area (Å²) in [5.74, 6) is 0.712. The maximum atomic E-state index is 5.68. The van der Waals surface area contributed by atoms with Crippen molar-refractivity contribution in [1.82, 2.24) is 4.98 Å². The van der Waals surface area contributed by atoms with Crippen LogP contribution in [0.2, 0.25) is 0 Å². The quantitative estimate of drug-likeness (QED) is 0.608. The number of pyridine rings is 1. The Hall–Kier alpha value is 0.270. The zero-order valence-corrected chi connectivity index (χ0v) is 11.4. The van der Waals surface area contributed by atoms with Crippen molar-refractivity contribution in [1.29, 1.82) is 0 Å². The second kappa shape index (κ2) is 5.99. The van der Waals surface area contributed by atoms with Crippen LogP contribution in [0.25, 0.3) is 0 Å². The van der Waals surface area contributed by atoms with Crippen LogP contribution in [0, 0.1) is 6.92 Å². The third kappa shape index (κ3) is 3.79. The molecular weight excluding hydrogens is 282 g/mol. The van der Waals surface area contributed by atoms with Crippen LogP contribution in [0.15, 0.2) is 21.6 Å². The Morgan fingerprint density at radius 3 is 2.86 bits per heavy atom. The molecule has 1 rings (SSSR count). The Balaban J connectivity index is 2.63. The van der Waals surface area contributed by atoms with Crippen molar-refractivity contribution in [2.45, 2.75) is 30.5 Å². The van der Waals surface area contributed by atoms with Crippen LogP contribution in [0.1, 0.15) is 19.0 Å². The molecule has 0 aromatic carbocycles. The molecule has 0 radical (unpaired) electrons. The second-order valence-electron chi connectivity index (χ2n) is 3.12. The van der Waals surface area contributed by atoms with Crippen LogP contribution < -0.4 is 0 Å². The van der Waals surface area contributed by atoms with Gasteiger partial charge in [0.15, 0.2) is 0 Å². The second-order valence-corrected chi connectivity index (χ2v) is 5.81. The topological polar surface area (TPSA) is 12.9 Å². The monoisotopic (exact) mass is 293 g/mol. The summed E-state index contributed by atoms with van der Waals surface area (Å²) in [5, 5.41) is 1.60. The zero-order chi connectivity index (χ0) is 10.6. The fourth-order valence-electron chi connectivity index (χ4n) is 1.01. The first-order chi connectivity index (χ1) is 6.63. The van der Waals surface area contributed by atoms with Crippen LogP contribution in [0.4, 0.5) is 0 Å². The lowest BCUT2D eigenvalue weighted by Gasteiger charge is -2.09. The Morgan fingerprint density at radius 1 is 1.57 bits per heavy atom. The Bertz CT molecular complexity index is 306. The van der Waals surface area contributed by atoms with E-state index in [1.165, 1.54) is 0 Å². The molecule has 1 atom stereocenters. The summed E-state index contributed by atoms with van der Waals surface area (Å²) in [5.41, 5.74) is 1.04. The largest absolute Gasteiger partial charge is 0.246 e. The highest BCUT2D eigenvalue weighted by Gasteiger charge is 2.05. The molecule has 1 unspecified atom stereocenters. The molecule has 0 amide bonds. The van der Waals surface area contributed by atoms with E-state index in [1.54, 1.807) is 11.8 Å². The number of halogens is 2. The number of hydrogen-bond donors (Lipinski definition) is 0. The van der Waals surface area contributed by atoms with Crippen LogP contribution in [-0.2, 0) is 0 Å². The van der Waals surface area contributed by atoms with Crippen molar-refractivity contribution in [2.75, 3.05) is 5.88 Å². The van der Waals surface area contributed by atoms with Gasteiger partial charge in [0.1, 0.15) is 0 Å². The smallest absolute Gasteiger partial charge is 0.0966 e. The summed E-state index contributed by atoms with van der Waals surface area (Å²) >= 11 is 10.9. The zero-order valence-electron chi connectivity index (χ0n) is 8.26. The number of alkyl halides is 1. The molecule has 4 heteroatoms. The summed E-state index contributed by atoms with van der Waals surface area (Å²) in [4.78, 5) is 4.47. The molecule has 0 spiro atoms. The third-order valence-corrected chi connectivity index (χ3v) is 4.00. The predicted octanol–water partition coefficient (Wildman–Crippen LogP) is 4.26. The summed E-state index contributed by atoms with van der Waals surface area (Å²) < 4.78 is 1.06.